The molecule has 0 bridgehead atoms. The zero-order chi connectivity index (χ0) is 14.1. The first-order valence-corrected chi connectivity index (χ1v) is 6.68. The van der Waals surface area contributed by atoms with Gasteiger partial charge in [0.1, 0.15) is 6.04 Å². The van der Waals surface area contributed by atoms with Crippen LogP contribution in [0.4, 0.5) is 0 Å². The Morgan fingerprint density at radius 3 is 3.00 bits per heavy atom. The number of aromatic nitrogens is 3. The lowest BCUT2D eigenvalue weighted by Crippen LogP contribution is -2.39. The number of carbonyl (C=O) groups is 1. The molecule has 1 fully saturated rings. The molecular weight excluding hydrogens is 260 g/mol. The quantitative estimate of drug-likeness (QED) is 0.853. The normalized spacial score (nSPS) is 19.7. The molecule has 0 radical (unpaired) electrons. The van der Waals surface area contributed by atoms with Gasteiger partial charge in [-0.1, -0.05) is 6.07 Å². The number of aliphatic carboxylic acids is 1. The number of likely N-dealkylation sites (tertiary alicyclic amines) is 1. The maximum absolute atomic E-state index is 12.1. The van der Waals surface area contributed by atoms with Crippen LogP contribution in [-0.4, -0.2) is 49.3 Å². The smallest absolute Gasteiger partial charge is 0.350 e. The highest BCUT2D eigenvalue weighted by Crippen LogP contribution is 2.16. The summed E-state index contributed by atoms with van der Waals surface area (Å²) in [4.78, 5) is 25.1. The molecule has 1 unspecified atom stereocenters. The Balaban J connectivity index is 1.76. The molecule has 0 aliphatic carbocycles. The summed E-state index contributed by atoms with van der Waals surface area (Å²) in [5, 5.41) is 13.4. The zero-order valence-electron chi connectivity index (χ0n) is 11.0. The van der Waals surface area contributed by atoms with Crippen LogP contribution in [0.5, 0.6) is 0 Å². The van der Waals surface area contributed by atoms with Gasteiger partial charge in [0.05, 0.1) is 6.54 Å². The molecule has 1 aliphatic rings. The van der Waals surface area contributed by atoms with E-state index < -0.39 is 12.0 Å². The number of pyridine rings is 1. The summed E-state index contributed by atoms with van der Waals surface area (Å²) in [7, 11) is 0. The van der Waals surface area contributed by atoms with Crippen LogP contribution in [0.2, 0.25) is 0 Å². The fraction of sp³-hybridized carbons (Fsp3) is 0.462. The minimum Gasteiger partial charge on any atom is -0.480 e. The van der Waals surface area contributed by atoms with Crippen LogP contribution in [-0.2, 0) is 11.3 Å². The first-order chi connectivity index (χ1) is 9.66. The van der Waals surface area contributed by atoms with Crippen molar-refractivity contribution in [3.8, 4) is 0 Å². The summed E-state index contributed by atoms with van der Waals surface area (Å²) in [6, 6.07) is 4.95. The Bertz CT molecular complexity index is 690. The van der Waals surface area contributed by atoms with Crippen molar-refractivity contribution >= 4 is 11.6 Å². The van der Waals surface area contributed by atoms with Crippen LogP contribution in [0.3, 0.4) is 0 Å². The van der Waals surface area contributed by atoms with Gasteiger partial charge in [-0.25, -0.2) is 9.48 Å². The molecule has 0 amide bonds. The molecule has 0 spiro atoms. The minimum atomic E-state index is -0.787. The van der Waals surface area contributed by atoms with E-state index in [4.69, 9.17) is 5.11 Å². The molecule has 1 atom stereocenters. The van der Waals surface area contributed by atoms with Crippen molar-refractivity contribution in [1.29, 1.82) is 0 Å². The van der Waals surface area contributed by atoms with Gasteiger partial charge in [0, 0.05) is 12.7 Å². The summed E-state index contributed by atoms with van der Waals surface area (Å²) in [6.07, 6.45) is 3.24. The molecule has 0 aromatic carbocycles. The molecule has 2 aromatic heterocycles. The molecule has 7 heteroatoms. The Morgan fingerprint density at radius 1 is 1.40 bits per heavy atom. The summed E-state index contributed by atoms with van der Waals surface area (Å²) in [5.41, 5.74) is 0.417. The maximum Gasteiger partial charge on any atom is 0.350 e. The molecule has 3 rings (SSSR count). The maximum atomic E-state index is 12.1. The molecule has 106 valence electrons. The predicted molar refractivity (Wildman–Crippen MR) is 71.7 cm³/mol. The third kappa shape index (κ3) is 2.20. The number of fused-ring (bicyclic) bond motifs is 1. The average molecular weight is 276 g/mol. The van der Waals surface area contributed by atoms with Crippen LogP contribution < -0.4 is 5.69 Å². The highest BCUT2D eigenvalue weighted by atomic mass is 16.4. The lowest BCUT2D eigenvalue weighted by Gasteiger charge is -2.20. The van der Waals surface area contributed by atoms with Crippen molar-refractivity contribution in [1.82, 2.24) is 19.1 Å². The van der Waals surface area contributed by atoms with E-state index in [0.29, 0.717) is 25.2 Å². The topological polar surface area (TPSA) is 79.8 Å². The zero-order valence-corrected chi connectivity index (χ0v) is 11.0. The van der Waals surface area contributed by atoms with Gasteiger partial charge in [-0.05, 0) is 31.5 Å². The van der Waals surface area contributed by atoms with Crippen molar-refractivity contribution in [2.24, 2.45) is 0 Å². The number of carboxylic acid groups (broad SMARTS) is 1. The second-order valence-electron chi connectivity index (χ2n) is 4.97. The average Bonchev–Trinajstić information content (AvgIpc) is 3.02. The van der Waals surface area contributed by atoms with Crippen molar-refractivity contribution in [2.75, 3.05) is 13.1 Å². The van der Waals surface area contributed by atoms with E-state index in [-0.39, 0.29) is 5.69 Å². The van der Waals surface area contributed by atoms with E-state index in [9.17, 15) is 9.59 Å². The summed E-state index contributed by atoms with van der Waals surface area (Å²) < 4.78 is 2.88. The molecule has 1 aliphatic heterocycles. The number of hydrogen-bond donors (Lipinski definition) is 1. The highest BCUT2D eigenvalue weighted by Gasteiger charge is 2.30. The summed E-state index contributed by atoms with van der Waals surface area (Å²) >= 11 is 0. The molecule has 7 nitrogen and oxygen atoms in total. The number of rotatable bonds is 4. The van der Waals surface area contributed by atoms with Crippen LogP contribution in [0.15, 0.2) is 29.2 Å². The van der Waals surface area contributed by atoms with Crippen molar-refractivity contribution in [2.45, 2.75) is 25.4 Å². The van der Waals surface area contributed by atoms with Gasteiger partial charge in [-0.15, -0.1) is 5.10 Å². The number of nitrogens with zero attached hydrogens (tertiary/aromatic N) is 4. The first kappa shape index (κ1) is 12.9. The minimum absolute atomic E-state index is 0.188. The predicted octanol–water partition coefficient (Wildman–Crippen LogP) is 0.0450. The van der Waals surface area contributed by atoms with Gasteiger partial charge >= 0.3 is 11.7 Å². The van der Waals surface area contributed by atoms with Gasteiger partial charge in [0.15, 0.2) is 5.65 Å². The Morgan fingerprint density at radius 2 is 2.25 bits per heavy atom. The fourth-order valence-corrected chi connectivity index (χ4v) is 2.71. The number of carboxylic acids is 1. The highest BCUT2D eigenvalue weighted by molar-refractivity contribution is 5.73. The van der Waals surface area contributed by atoms with Crippen molar-refractivity contribution in [3.05, 3.63) is 34.9 Å². The molecule has 2 aromatic rings. The van der Waals surface area contributed by atoms with Gasteiger partial charge in [0.2, 0.25) is 0 Å². The van der Waals surface area contributed by atoms with Gasteiger partial charge in [-0.3, -0.25) is 14.1 Å². The van der Waals surface area contributed by atoms with Gasteiger partial charge in [0.25, 0.3) is 0 Å². The molecule has 3 heterocycles. The summed E-state index contributed by atoms with van der Waals surface area (Å²) in [6.45, 7) is 1.70. The molecule has 0 saturated carbocycles. The van der Waals surface area contributed by atoms with Crippen molar-refractivity contribution in [3.63, 3.8) is 0 Å². The Labute approximate surface area is 115 Å². The van der Waals surface area contributed by atoms with Crippen LogP contribution in [0, 0.1) is 0 Å². The second-order valence-corrected chi connectivity index (χ2v) is 4.97. The van der Waals surface area contributed by atoms with E-state index >= 15 is 0 Å². The van der Waals surface area contributed by atoms with Crippen LogP contribution >= 0.6 is 0 Å². The van der Waals surface area contributed by atoms with E-state index in [1.54, 1.807) is 18.3 Å². The Hall–Kier alpha value is -2.15. The standard InChI is InChI=1S/C13H16N4O3/c18-12(19)10-4-3-6-15(10)8-9-17-13(20)16-7-2-1-5-11(16)14-17/h1-2,5,7,10H,3-4,6,8-9H2,(H,18,19). The molecule has 20 heavy (non-hydrogen) atoms. The van der Waals surface area contributed by atoms with Crippen LogP contribution in [0.25, 0.3) is 5.65 Å². The monoisotopic (exact) mass is 276 g/mol. The van der Waals surface area contributed by atoms with Gasteiger partial charge < -0.3 is 5.11 Å². The van der Waals surface area contributed by atoms with Crippen LogP contribution in [0.1, 0.15) is 12.8 Å². The van der Waals surface area contributed by atoms with E-state index in [1.165, 1.54) is 9.08 Å². The van der Waals surface area contributed by atoms with E-state index in [0.717, 1.165) is 13.0 Å². The largest absolute Gasteiger partial charge is 0.480 e. The molecule has 1 saturated heterocycles. The SMILES string of the molecule is O=C(O)C1CCCN1CCn1nc2ccccn2c1=O. The van der Waals surface area contributed by atoms with E-state index in [1.807, 2.05) is 11.0 Å². The van der Waals surface area contributed by atoms with Gasteiger partial charge in [-0.2, -0.15) is 0 Å². The lowest BCUT2D eigenvalue weighted by atomic mass is 10.2. The third-order valence-electron chi connectivity index (χ3n) is 3.74. The third-order valence-corrected chi connectivity index (χ3v) is 3.74. The second kappa shape index (κ2) is 5.09. The van der Waals surface area contributed by atoms with E-state index in [2.05, 4.69) is 5.10 Å². The fourth-order valence-electron chi connectivity index (χ4n) is 2.71. The molecule has 1 N–H and O–H groups in total. The van der Waals surface area contributed by atoms with Crippen molar-refractivity contribution < 1.29 is 9.90 Å². The number of hydrogen-bond acceptors (Lipinski definition) is 4. The lowest BCUT2D eigenvalue weighted by molar-refractivity contribution is -0.142. The summed E-state index contributed by atoms with van der Waals surface area (Å²) in [5.74, 6) is -0.787. The Kier molecular flexibility index (Phi) is 3.27. The first-order valence-electron chi connectivity index (χ1n) is 6.68. The molecular formula is C13H16N4O3.